The van der Waals surface area contributed by atoms with Gasteiger partial charge in [-0.25, -0.2) is 4.98 Å². The van der Waals surface area contributed by atoms with Gasteiger partial charge in [-0.2, -0.15) is 0 Å². The lowest BCUT2D eigenvalue weighted by Gasteiger charge is -2.22. The molecule has 3 rings (SSSR count). The highest BCUT2D eigenvalue weighted by molar-refractivity contribution is 7.18. The molecule has 1 amide bonds. The number of carbonyl (C=O) groups is 1. The molecule has 148 valence electrons. The van der Waals surface area contributed by atoms with Crippen molar-refractivity contribution >= 4 is 27.5 Å². The maximum absolute atomic E-state index is 13.0. The highest BCUT2D eigenvalue weighted by Crippen LogP contribution is 2.35. The normalized spacial score (nSPS) is 16.5. The first-order chi connectivity index (χ1) is 13.0. The van der Waals surface area contributed by atoms with Gasteiger partial charge in [0.1, 0.15) is 11.4 Å². The van der Waals surface area contributed by atoms with E-state index in [1.807, 2.05) is 0 Å². The van der Waals surface area contributed by atoms with Crippen LogP contribution in [0.1, 0.15) is 23.8 Å². The number of methoxy groups -OCH3 is 2. The van der Waals surface area contributed by atoms with E-state index in [1.165, 1.54) is 15.8 Å². The standard InChI is InChI=1S/C19H27N3O4S/c1-13-4-5-14-15(10-13)27-18-17(14)19(24)22(12-20-18)11-16(23)21(6-8-25-2)7-9-26-3/h12-13H,4-11H2,1-3H3/t13-/m1/s1. The number of fused-ring (bicyclic) bond motifs is 3. The molecule has 8 heteroatoms. The van der Waals surface area contributed by atoms with E-state index in [4.69, 9.17) is 9.47 Å². The second kappa shape index (κ2) is 8.95. The van der Waals surface area contributed by atoms with E-state index < -0.39 is 0 Å². The fraction of sp³-hybridized carbons (Fsp3) is 0.632. The molecule has 2 aromatic rings. The number of thiophene rings is 1. The SMILES string of the molecule is COCCN(CCOC)C(=O)Cn1cnc2sc3c(c2c1=O)CC[C@@H](C)C3. The van der Waals surface area contributed by atoms with Crippen molar-refractivity contribution in [1.29, 1.82) is 0 Å². The van der Waals surface area contributed by atoms with E-state index in [0.717, 1.165) is 29.7 Å². The van der Waals surface area contributed by atoms with Crippen molar-refractivity contribution in [1.82, 2.24) is 14.5 Å². The van der Waals surface area contributed by atoms with Crippen LogP contribution in [0, 0.1) is 5.92 Å². The third kappa shape index (κ3) is 4.39. The van der Waals surface area contributed by atoms with Gasteiger partial charge >= 0.3 is 0 Å². The third-order valence-electron chi connectivity index (χ3n) is 5.07. The van der Waals surface area contributed by atoms with Crippen LogP contribution in [0.15, 0.2) is 11.1 Å². The summed E-state index contributed by atoms with van der Waals surface area (Å²) in [5.74, 6) is 0.509. The molecule has 0 N–H and O–H groups in total. The van der Waals surface area contributed by atoms with Crippen molar-refractivity contribution in [2.45, 2.75) is 32.7 Å². The molecule has 0 aromatic carbocycles. The zero-order chi connectivity index (χ0) is 19.4. The average molecular weight is 394 g/mol. The van der Waals surface area contributed by atoms with Gasteiger partial charge in [0.25, 0.3) is 5.56 Å². The predicted octanol–water partition coefficient (Wildman–Crippen LogP) is 1.70. The van der Waals surface area contributed by atoms with Gasteiger partial charge in [-0.1, -0.05) is 6.92 Å². The molecule has 1 aliphatic carbocycles. The Labute approximate surface area is 162 Å². The first-order valence-electron chi connectivity index (χ1n) is 9.30. The van der Waals surface area contributed by atoms with Gasteiger partial charge < -0.3 is 14.4 Å². The monoisotopic (exact) mass is 393 g/mol. The smallest absolute Gasteiger partial charge is 0.262 e. The summed E-state index contributed by atoms with van der Waals surface area (Å²) >= 11 is 1.62. The van der Waals surface area contributed by atoms with Crippen LogP contribution < -0.4 is 5.56 Å². The molecule has 0 saturated carbocycles. The van der Waals surface area contributed by atoms with E-state index in [0.29, 0.717) is 37.6 Å². The number of hydrogen-bond acceptors (Lipinski definition) is 6. The van der Waals surface area contributed by atoms with Crippen LogP contribution in [0.25, 0.3) is 10.2 Å². The minimum absolute atomic E-state index is 0.0176. The summed E-state index contributed by atoms with van der Waals surface area (Å²) in [5, 5.41) is 0.706. The van der Waals surface area contributed by atoms with E-state index in [1.54, 1.807) is 30.5 Å². The largest absolute Gasteiger partial charge is 0.383 e. The van der Waals surface area contributed by atoms with Crippen LogP contribution in [-0.4, -0.2) is 60.9 Å². The molecular formula is C19H27N3O4S. The molecule has 2 heterocycles. The van der Waals surface area contributed by atoms with Crippen molar-refractivity contribution in [3.05, 3.63) is 27.1 Å². The molecule has 0 spiro atoms. The number of ether oxygens (including phenoxy) is 2. The summed E-state index contributed by atoms with van der Waals surface area (Å²) in [6.45, 7) is 4.04. The van der Waals surface area contributed by atoms with Crippen molar-refractivity contribution in [3.8, 4) is 0 Å². The summed E-state index contributed by atoms with van der Waals surface area (Å²) in [5.41, 5.74) is 1.03. The Morgan fingerprint density at radius 3 is 2.70 bits per heavy atom. The molecule has 0 bridgehead atoms. The lowest BCUT2D eigenvalue weighted by atomic mass is 9.89. The van der Waals surface area contributed by atoms with Gasteiger partial charge in [0, 0.05) is 32.2 Å². The number of aryl methyl sites for hydroxylation is 1. The Hall–Kier alpha value is -1.77. The molecule has 27 heavy (non-hydrogen) atoms. The fourth-order valence-electron chi connectivity index (χ4n) is 3.49. The van der Waals surface area contributed by atoms with E-state index in [-0.39, 0.29) is 18.0 Å². The van der Waals surface area contributed by atoms with Crippen LogP contribution >= 0.6 is 11.3 Å². The molecule has 0 unspecified atom stereocenters. The number of hydrogen-bond donors (Lipinski definition) is 0. The summed E-state index contributed by atoms with van der Waals surface area (Å²) in [6.07, 6.45) is 4.52. The first-order valence-corrected chi connectivity index (χ1v) is 10.1. The van der Waals surface area contributed by atoms with E-state index >= 15 is 0 Å². The lowest BCUT2D eigenvalue weighted by Crippen LogP contribution is -2.40. The van der Waals surface area contributed by atoms with Gasteiger partial charge in [-0.05, 0) is 30.7 Å². The number of rotatable bonds is 8. The Balaban J connectivity index is 1.85. The minimum atomic E-state index is -0.134. The number of nitrogens with zero attached hydrogens (tertiary/aromatic N) is 3. The first kappa shape index (κ1) is 20.0. The van der Waals surface area contributed by atoms with E-state index in [9.17, 15) is 9.59 Å². The highest BCUT2D eigenvalue weighted by atomic mass is 32.1. The van der Waals surface area contributed by atoms with Crippen LogP contribution in [0.3, 0.4) is 0 Å². The number of amides is 1. The zero-order valence-corrected chi connectivity index (χ0v) is 17.0. The van der Waals surface area contributed by atoms with E-state index in [2.05, 4.69) is 11.9 Å². The Morgan fingerprint density at radius 1 is 1.33 bits per heavy atom. The zero-order valence-electron chi connectivity index (χ0n) is 16.2. The van der Waals surface area contributed by atoms with Crippen LogP contribution in [0.2, 0.25) is 0 Å². The molecule has 0 fully saturated rings. The number of aromatic nitrogens is 2. The lowest BCUT2D eigenvalue weighted by molar-refractivity contribution is -0.133. The molecule has 0 saturated heterocycles. The van der Waals surface area contributed by atoms with Crippen LogP contribution in [0.4, 0.5) is 0 Å². The van der Waals surface area contributed by atoms with Crippen LogP contribution in [-0.2, 0) is 33.7 Å². The minimum Gasteiger partial charge on any atom is -0.383 e. The fourth-order valence-corrected chi connectivity index (χ4v) is 4.83. The maximum atomic E-state index is 13.0. The second-order valence-electron chi connectivity index (χ2n) is 7.08. The molecule has 1 atom stereocenters. The molecule has 7 nitrogen and oxygen atoms in total. The predicted molar refractivity (Wildman–Crippen MR) is 105 cm³/mol. The maximum Gasteiger partial charge on any atom is 0.262 e. The van der Waals surface area contributed by atoms with Gasteiger partial charge in [0.2, 0.25) is 5.91 Å². The Bertz CT molecular complexity index is 852. The van der Waals surface area contributed by atoms with Crippen molar-refractivity contribution in [2.24, 2.45) is 5.92 Å². The Kier molecular flexibility index (Phi) is 6.62. The summed E-state index contributed by atoms with van der Waals surface area (Å²) in [6, 6.07) is 0. The van der Waals surface area contributed by atoms with Crippen molar-refractivity contribution in [3.63, 3.8) is 0 Å². The molecule has 0 radical (unpaired) electrons. The summed E-state index contributed by atoms with van der Waals surface area (Å²) in [4.78, 5) is 33.9. The Morgan fingerprint density at radius 2 is 2.04 bits per heavy atom. The van der Waals surface area contributed by atoms with Gasteiger partial charge in [-0.15, -0.1) is 11.3 Å². The average Bonchev–Trinajstić information content (AvgIpc) is 3.02. The summed E-state index contributed by atoms with van der Waals surface area (Å²) in [7, 11) is 3.20. The molecule has 0 aliphatic heterocycles. The third-order valence-corrected chi connectivity index (χ3v) is 6.23. The van der Waals surface area contributed by atoms with Crippen molar-refractivity contribution < 1.29 is 14.3 Å². The van der Waals surface area contributed by atoms with Gasteiger partial charge in [0.15, 0.2) is 0 Å². The molecule has 1 aliphatic rings. The second-order valence-corrected chi connectivity index (χ2v) is 8.16. The number of carbonyl (C=O) groups excluding carboxylic acids is 1. The topological polar surface area (TPSA) is 73.7 Å². The molecule has 2 aromatic heterocycles. The highest BCUT2D eigenvalue weighted by Gasteiger charge is 2.24. The van der Waals surface area contributed by atoms with Crippen LogP contribution in [0.5, 0.6) is 0 Å². The van der Waals surface area contributed by atoms with Crippen molar-refractivity contribution in [2.75, 3.05) is 40.5 Å². The van der Waals surface area contributed by atoms with Gasteiger partial charge in [-0.3, -0.25) is 14.2 Å². The quantitative estimate of drug-likeness (QED) is 0.683. The van der Waals surface area contributed by atoms with Gasteiger partial charge in [0.05, 0.1) is 24.9 Å². The molecular weight excluding hydrogens is 366 g/mol. The summed E-state index contributed by atoms with van der Waals surface area (Å²) < 4.78 is 11.6.